The highest BCUT2D eigenvalue weighted by Gasteiger charge is 2.16. The van der Waals surface area contributed by atoms with Crippen LogP contribution in [0.25, 0.3) is 0 Å². The standard InChI is InChI=1S/C16H19ClFN3/c1-2-6-21-16(8-11-10-20-7-5-15(11)19)13-4-3-12(18)9-14(13)17/h3-5,7,9-10,16,21H,2,6,8H2,1H3,(H2,19,20). The number of benzene rings is 1. The van der Waals surface area contributed by atoms with Gasteiger partial charge < -0.3 is 11.1 Å². The SMILES string of the molecule is CCCNC(Cc1cnccc1N)c1ccc(F)cc1Cl. The zero-order chi connectivity index (χ0) is 15.2. The van der Waals surface area contributed by atoms with E-state index in [1.807, 2.05) is 0 Å². The van der Waals surface area contributed by atoms with Gasteiger partial charge in [0.2, 0.25) is 0 Å². The molecule has 0 saturated heterocycles. The molecule has 0 aliphatic carbocycles. The van der Waals surface area contributed by atoms with Crippen molar-refractivity contribution in [3.63, 3.8) is 0 Å². The van der Waals surface area contributed by atoms with E-state index in [0.29, 0.717) is 17.1 Å². The van der Waals surface area contributed by atoms with Gasteiger partial charge in [0.05, 0.1) is 0 Å². The molecule has 0 amide bonds. The lowest BCUT2D eigenvalue weighted by molar-refractivity contribution is 0.527. The molecule has 0 radical (unpaired) electrons. The molecule has 0 bridgehead atoms. The molecule has 21 heavy (non-hydrogen) atoms. The van der Waals surface area contributed by atoms with Crippen LogP contribution < -0.4 is 11.1 Å². The molecular weight excluding hydrogens is 289 g/mol. The highest BCUT2D eigenvalue weighted by Crippen LogP contribution is 2.27. The molecule has 0 saturated carbocycles. The Morgan fingerprint density at radius 1 is 1.38 bits per heavy atom. The summed E-state index contributed by atoms with van der Waals surface area (Å²) in [6, 6.07) is 6.23. The van der Waals surface area contributed by atoms with Crippen LogP contribution in [0.3, 0.4) is 0 Å². The van der Waals surface area contributed by atoms with Gasteiger partial charge in [-0.05, 0) is 48.7 Å². The normalized spacial score (nSPS) is 12.3. The Morgan fingerprint density at radius 2 is 2.19 bits per heavy atom. The van der Waals surface area contributed by atoms with E-state index in [1.54, 1.807) is 24.5 Å². The van der Waals surface area contributed by atoms with Gasteiger partial charge in [0.25, 0.3) is 0 Å². The molecule has 112 valence electrons. The number of aromatic nitrogens is 1. The van der Waals surface area contributed by atoms with Gasteiger partial charge in [-0.1, -0.05) is 24.6 Å². The molecular formula is C16H19ClFN3. The van der Waals surface area contributed by atoms with Crippen LogP contribution in [0.15, 0.2) is 36.7 Å². The van der Waals surface area contributed by atoms with Crippen molar-refractivity contribution in [1.82, 2.24) is 10.3 Å². The molecule has 2 rings (SSSR count). The largest absolute Gasteiger partial charge is 0.398 e. The number of rotatable bonds is 6. The lowest BCUT2D eigenvalue weighted by atomic mass is 9.98. The minimum absolute atomic E-state index is 0.0236. The summed E-state index contributed by atoms with van der Waals surface area (Å²) in [5.41, 5.74) is 8.50. The summed E-state index contributed by atoms with van der Waals surface area (Å²) in [5.74, 6) is -0.334. The highest BCUT2D eigenvalue weighted by atomic mass is 35.5. The Morgan fingerprint density at radius 3 is 2.86 bits per heavy atom. The number of hydrogen-bond donors (Lipinski definition) is 2. The molecule has 1 atom stereocenters. The van der Waals surface area contributed by atoms with Crippen molar-refractivity contribution in [3.8, 4) is 0 Å². The second kappa shape index (κ2) is 7.38. The van der Waals surface area contributed by atoms with Crippen LogP contribution in [0, 0.1) is 5.82 Å². The van der Waals surface area contributed by atoms with Crippen molar-refractivity contribution in [2.45, 2.75) is 25.8 Å². The molecule has 0 aliphatic rings. The Labute approximate surface area is 129 Å². The number of nitrogen functional groups attached to an aromatic ring is 1. The Hall–Kier alpha value is -1.65. The summed E-state index contributed by atoms with van der Waals surface area (Å²) in [6.07, 6.45) is 5.08. The van der Waals surface area contributed by atoms with E-state index in [4.69, 9.17) is 17.3 Å². The lowest BCUT2D eigenvalue weighted by Crippen LogP contribution is -2.25. The number of nitrogens with zero attached hydrogens (tertiary/aromatic N) is 1. The Kier molecular flexibility index (Phi) is 5.53. The van der Waals surface area contributed by atoms with Crippen molar-refractivity contribution < 1.29 is 4.39 Å². The fourth-order valence-corrected chi connectivity index (χ4v) is 2.52. The van der Waals surface area contributed by atoms with Crippen LogP contribution >= 0.6 is 11.6 Å². The smallest absolute Gasteiger partial charge is 0.124 e. The summed E-state index contributed by atoms with van der Waals surface area (Å²) in [7, 11) is 0. The fourth-order valence-electron chi connectivity index (χ4n) is 2.22. The average Bonchev–Trinajstić information content (AvgIpc) is 2.46. The maximum absolute atomic E-state index is 13.2. The number of nitrogens with one attached hydrogen (secondary N) is 1. The summed E-state index contributed by atoms with van der Waals surface area (Å²) >= 11 is 6.18. The molecule has 5 heteroatoms. The van der Waals surface area contributed by atoms with Crippen LogP contribution in [-0.4, -0.2) is 11.5 Å². The highest BCUT2D eigenvalue weighted by molar-refractivity contribution is 6.31. The predicted molar refractivity (Wildman–Crippen MR) is 84.8 cm³/mol. The van der Waals surface area contributed by atoms with E-state index in [9.17, 15) is 4.39 Å². The van der Waals surface area contributed by atoms with Gasteiger partial charge in [0, 0.05) is 29.1 Å². The quantitative estimate of drug-likeness (QED) is 0.854. The zero-order valence-corrected chi connectivity index (χ0v) is 12.7. The number of nitrogens with two attached hydrogens (primary N) is 1. The topological polar surface area (TPSA) is 50.9 Å². The first kappa shape index (κ1) is 15.7. The van der Waals surface area contributed by atoms with Gasteiger partial charge >= 0.3 is 0 Å². The van der Waals surface area contributed by atoms with E-state index in [-0.39, 0.29) is 11.9 Å². The first-order valence-electron chi connectivity index (χ1n) is 6.98. The number of anilines is 1. The summed E-state index contributed by atoms with van der Waals surface area (Å²) in [6.45, 7) is 2.94. The van der Waals surface area contributed by atoms with E-state index in [0.717, 1.165) is 24.1 Å². The average molecular weight is 308 g/mol. The maximum Gasteiger partial charge on any atom is 0.124 e. The number of halogens is 2. The van der Waals surface area contributed by atoms with Crippen molar-refractivity contribution >= 4 is 17.3 Å². The van der Waals surface area contributed by atoms with Gasteiger partial charge in [-0.25, -0.2) is 4.39 Å². The van der Waals surface area contributed by atoms with E-state index < -0.39 is 0 Å². The van der Waals surface area contributed by atoms with Crippen LogP contribution in [0.5, 0.6) is 0 Å². The minimum atomic E-state index is -0.334. The Balaban J connectivity index is 2.27. The molecule has 3 N–H and O–H groups in total. The first-order chi connectivity index (χ1) is 10.1. The summed E-state index contributed by atoms with van der Waals surface area (Å²) in [4.78, 5) is 4.11. The van der Waals surface area contributed by atoms with E-state index in [2.05, 4.69) is 17.2 Å². The zero-order valence-electron chi connectivity index (χ0n) is 11.9. The fraction of sp³-hybridized carbons (Fsp3) is 0.312. The molecule has 0 spiro atoms. The van der Waals surface area contributed by atoms with Gasteiger partial charge in [0.15, 0.2) is 0 Å². The number of pyridine rings is 1. The van der Waals surface area contributed by atoms with Crippen molar-refractivity contribution in [3.05, 3.63) is 58.6 Å². The minimum Gasteiger partial charge on any atom is -0.398 e. The molecule has 0 fully saturated rings. The molecule has 1 unspecified atom stereocenters. The van der Waals surface area contributed by atoms with Gasteiger partial charge in [0.1, 0.15) is 5.82 Å². The molecule has 1 aromatic heterocycles. The summed E-state index contributed by atoms with van der Waals surface area (Å²) < 4.78 is 13.2. The predicted octanol–water partition coefficient (Wildman–Crippen LogP) is 3.74. The second-order valence-electron chi connectivity index (χ2n) is 4.95. The second-order valence-corrected chi connectivity index (χ2v) is 5.36. The Bertz CT molecular complexity index is 604. The van der Waals surface area contributed by atoms with Crippen LogP contribution in [0.1, 0.15) is 30.5 Å². The third-order valence-corrected chi connectivity index (χ3v) is 3.67. The monoisotopic (exact) mass is 307 g/mol. The number of hydrogen-bond acceptors (Lipinski definition) is 3. The van der Waals surface area contributed by atoms with Gasteiger partial charge in [-0.2, -0.15) is 0 Å². The molecule has 1 heterocycles. The summed E-state index contributed by atoms with van der Waals surface area (Å²) in [5, 5.41) is 3.85. The van der Waals surface area contributed by atoms with Crippen LogP contribution in [0.2, 0.25) is 5.02 Å². The van der Waals surface area contributed by atoms with Crippen molar-refractivity contribution in [1.29, 1.82) is 0 Å². The van der Waals surface area contributed by atoms with E-state index in [1.165, 1.54) is 12.1 Å². The molecule has 3 nitrogen and oxygen atoms in total. The van der Waals surface area contributed by atoms with E-state index >= 15 is 0 Å². The van der Waals surface area contributed by atoms with Gasteiger partial charge in [-0.3, -0.25) is 4.98 Å². The molecule has 1 aromatic carbocycles. The van der Waals surface area contributed by atoms with Crippen LogP contribution in [-0.2, 0) is 6.42 Å². The third-order valence-electron chi connectivity index (χ3n) is 3.34. The first-order valence-corrected chi connectivity index (χ1v) is 7.36. The van der Waals surface area contributed by atoms with Crippen molar-refractivity contribution in [2.75, 3.05) is 12.3 Å². The van der Waals surface area contributed by atoms with Crippen LogP contribution in [0.4, 0.5) is 10.1 Å². The molecule has 0 aliphatic heterocycles. The lowest BCUT2D eigenvalue weighted by Gasteiger charge is -2.21. The van der Waals surface area contributed by atoms with Gasteiger partial charge in [-0.15, -0.1) is 0 Å². The van der Waals surface area contributed by atoms with Crippen molar-refractivity contribution in [2.24, 2.45) is 0 Å². The molecule has 2 aromatic rings. The maximum atomic E-state index is 13.2. The third kappa shape index (κ3) is 4.16.